The molecule has 0 aliphatic carbocycles. The van der Waals surface area contributed by atoms with Crippen LogP contribution in [-0.2, 0) is 6.54 Å². The van der Waals surface area contributed by atoms with E-state index in [0.29, 0.717) is 0 Å². The maximum absolute atomic E-state index is 5.42. The highest BCUT2D eigenvalue weighted by molar-refractivity contribution is 9.10. The molecule has 0 fully saturated rings. The predicted molar refractivity (Wildman–Crippen MR) is 56.4 cm³/mol. The van der Waals surface area contributed by atoms with E-state index in [1.54, 1.807) is 6.26 Å². The van der Waals surface area contributed by atoms with E-state index in [1.807, 2.05) is 6.07 Å². The van der Waals surface area contributed by atoms with E-state index < -0.39 is 0 Å². The van der Waals surface area contributed by atoms with Crippen LogP contribution < -0.4 is 5.73 Å². The van der Waals surface area contributed by atoms with Crippen molar-refractivity contribution in [3.8, 4) is 0 Å². The molecule has 0 aliphatic rings. The summed E-state index contributed by atoms with van der Waals surface area (Å²) in [7, 11) is 2.06. The molecule has 13 heavy (non-hydrogen) atoms. The molecule has 0 radical (unpaired) electrons. The summed E-state index contributed by atoms with van der Waals surface area (Å²) in [5.74, 6) is 0.972. The van der Waals surface area contributed by atoms with Gasteiger partial charge in [-0.25, -0.2) is 0 Å². The van der Waals surface area contributed by atoms with Crippen LogP contribution in [0.1, 0.15) is 12.2 Å². The molecule has 1 heterocycles. The highest BCUT2D eigenvalue weighted by Crippen LogP contribution is 2.18. The SMILES string of the molecule is CN(CCCN)Cc1occc1Br. The summed E-state index contributed by atoms with van der Waals surface area (Å²) in [6.07, 6.45) is 2.71. The largest absolute Gasteiger partial charge is 0.467 e. The van der Waals surface area contributed by atoms with Crippen LogP contribution in [0, 0.1) is 0 Å². The number of hydrogen-bond acceptors (Lipinski definition) is 3. The van der Waals surface area contributed by atoms with Crippen molar-refractivity contribution in [2.24, 2.45) is 5.73 Å². The molecule has 0 amide bonds. The second kappa shape index (κ2) is 5.42. The number of nitrogens with zero attached hydrogens (tertiary/aromatic N) is 1. The molecule has 1 aromatic rings. The quantitative estimate of drug-likeness (QED) is 0.863. The van der Waals surface area contributed by atoms with Crippen molar-refractivity contribution in [1.29, 1.82) is 0 Å². The van der Waals surface area contributed by atoms with Crippen LogP contribution in [0.2, 0.25) is 0 Å². The Labute approximate surface area is 87.0 Å². The Morgan fingerprint density at radius 2 is 2.38 bits per heavy atom. The Balaban J connectivity index is 2.36. The van der Waals surface area contributed by atoms with Gasteiger partial charge >= 0.3 is 0 Å². The molecule has 0 aromatic carbocycles. The third kappa shape index (κ3) is 3.50. The van der Waals surface area contributed by atoms with Gasteiger partial charge in [0, 0.05) is 0 Å². The summed E-state index contributed by atoms with van der Waals surface area (Å²) < 4.78 is 6.33. The molecule has 4 heteroatoms. The van der Waals surface area contributed by atoms with Crippen molar-refractivity contribution in [3.63, 3.8) is 0 Å². The van der Waals surface area contributed by atoms with Gasteiger partial charge in [-0.15, -0.1) is 0 Å². The van der Waals surface area contributed by atoms with Gasteiger partial charge in [0.2, 0.25) is 0 Å². The molecular weight excluding hydrogens is 232 g/mol. The van der Waals surface area contributed by atoms with Crippen LogP contribution in [0.5, 0.6) is 0 Å². The van der Waals surface area contributed by atoms with Gasteiger partial charge < -0.3 is 10.2 Å². The fourth-order valence-corrected chi connectivity index (χ4v) is 1.45. The monoisotopic (exact) mass is 246 g/mol. The van der Waals surface area contributed by atoms with E-state index in [2.05, 4.69) is 27.9 Å². The smallest absolute Gasteiger partial charge is 0.131 e. The normalized spacial score (nSPS) is 11.1. The van der Waals surface area contributed by atoms with Gasteiger partial charge in [0.25, 0.3) is 0 Å². The Morgan fingerprint density at radius 3 is 2.92 bits per heavy atom. The molecule has 0 aliphatic heterocycles. The molecule has 1 aromatic heterocycles. The average Bonchev–Trinajstić information content (AvgIpc) is 2.48. The van der Waals surface area contributed by atoms with Crippen LogP contribution in [0.15, 0.2) is 21.2 Å². The van der Waals surface area contributed by atoms with Gasteiger partial charge in [0.05, 0.1) is 17.3 Å². The van der Waals surface area contributed by atoms with Crippen molar-refractivity contribution in [3.05, 3.63) is 22.6 Å². The average molecular weight is 247 g/mol. The number of nitrogens with two attached hydrogens (primary N) is 1. The van der Waals surface area contributed by atoms with E-state index >= 15 is 0 Å². The zero-order valence-electron chi connectivity index (χ0n) is 7.79. The number of furan rings is 1. The molecule has 0 spiro atoms. The van der Waals surface area contributed by atoms with Crippen molar-refractivity contribution in [2.45, 2.75) is 13.0 Å². The maximum atomic E-state index is 5.42. The molecule has 0 saturated heterocycles. The van der Waals surface area contributed by atoms with E-state index in [-0.39, 0.29) is 0 Å². The lowest BCUT2D eigenvalue weighted by atomic mass is 10.3. The Hall–Kier alpha value is -0.320. The molecule has 1 rings (SSSR count). The van der Waals surface area contributed by atoms with Crippen molar-refractivity contribution in [1.82, 2.24) is 4.90 Å². The van der Waals surface area contributed by atoms with Crippen LogP contribution in [-0.4, -0.2) is 25.0 Å². The predicted octanol–water partition coefficient (Wildman–Crippen LogP) is 1.82. The molecular formula is C9H15BrN2O. The zero-order chi connectivity index (χ0) is 9.68. The summed E-state index contributed by atoms with van der Waals surface area (Å²) >= 11 is 3.42. The summed E-state index contributed by atoms with van der Waals surface area (Å²) in [6, 6.07) is 1.91. The van der Waals surface area contributed by atoms with Gasteiger partial charge in [0.1, 0.15) is 5.76 Å². The molecule has 2 N–H and O–H groups in total. The van der Waals surface area contributed by atoms with E-state index in [4.69, 9.17) is 10.2 Å². The Morgan fingerprint density at radius 1 is 1.62 bits per heavy atom. The van der Waals surface area contributed by atoms with Crippen LogP contribution in [0.25, 0.3) is 0 Å². The lowest BCUT2D eigenvalue weighted by Gasteiger charge is -2.14. The molecule has 0 saturated carbocycles. The minimum atomic E-state index is 0.740. The minimum Gasteiger partial charge on any atom is -0.467 e. The third-order valence-corrected chi connectivity index (χ3v) is 2.56. The summed E-state index contributed by atoms with van der Waals surface area (Å²) in [5.41, 5.74) is 5.42. The van der Waals surface area contributed by atoms with Gasteiger partial charge in [-0.1, -0.05) is 0 Å². The van der Waals surface area contributed by atoms with Gasteiger partial charge in [-0.05, 0) is 48.6 Å². The Bertz CT molecular complexity index is 250. The first-order valence-electron chi connectivity index (χ1n) is 4.34. The molecule has 0 unspecified atom stereocenters. The van der Waals surface area contributed by atoms with E-state index in [1.165, 1.54) is 0 Å². The summed E-state index contributed by atoms with van der Waals surface area (Å²) in [6.45, 7) is 2.57. The van der Waals surface area contributed by atoms with Crippen molar-refractivity contribution in [2.75, 3.05) is 20.1 Å². The topological polar surface area (TPSA) is 42.4 Å². The Kier molecular flexibility index (Phi) is 4.48. The number of halogens is 1. The zero-order valence-corrected chi connectivity index (χ0v) is 9.38. The van der Waals surface area contributed by atoms with Crippen LogP contribution in [0.3, 0.4) is 0 Å². The molecule has 74 valence electrons. The van der Waals surface area contributed by atoms with Gasteiger partial charge in [-0.3, -0.25) is 4.90 Å². The molecule has 0 bridgehead atoms. The fourth-order valence-electron chi connectivity index (χ4n) is 1.12. The highest BCUT2D eigenvalue weighted by Gasteiger charge is 2.06. The third-order valence-electron chi connectivity index (χ3n) is 1.85. The van der Waals surface area contributed by atoms with Gasteiger partial charge in [-0.2, -0.15) is 0 Å². The fraction of sp³-hybridized carbons (Fsp3) is 0.556. The second-order valence-corrected chi connectivity index (χ2v) is 3.93. The first-order chi connectivity index (χ1) is 6.24. The summed E-state index contributed by atoms with van der Waals surface area (Å²) in [5, 5.41) is 0. The first kappa shape index (κ1) is 10.8. The molecule has 0 atom stereocenters. The van der Waals surface area contributed by atoms with E-state index in [0.717, 1.165) is 36.3 Å². The first-order valence-corrected chi connectivity index (χ1v) is 5.14. The molecule has 3 nitrogen and oxygen atoms in total. The van der Waals surface area contributed by atoms with Gasteiger partial charge in [0.15, 0.2) is 0 Å². The van der Waals surface area contributed by atoms with Crippen molar-refractivity contribution < 1.29 is 4.42 Å². The number of hydrogen-bond donors (Lipinski definition) is 1. The minimum absolute atomic E-state index is 0.740. The second-order valence-electron chi connectivity index (χ2n) is 3.07. The maximum Gasteiger partial charge on any atom is 0.131 e. The number of rotatable bonds is 5. The van der Waals surface area contributed by atoms with E-state index in [9.17, 15) is 0 Å². The van der Waals surface area contributed by atoms with Crippen LogP contribution >= 0.6 is 15.9 Å². The lowest BCUT2D eigenvalue weighted by molar-refractivity contribution is 0.292. The van der Waals surface area contributed by atoms with Crippen LogP contribution in [0.4, 0.5) is 0 Å². The standard InChI is InChI=1S/C9H15BrN2O/c1-12(5-2-4-11)7-9-8(10)3-6-13-9/h3,6H,2,4-5,7,11H2,1H3. The lowest BCUT2D eigenvalue weighted by Crippen LogP contribution is -2.21. The highest BCUT2D eigenvalue weighted by atomic mass is 79.9. The van der Waals surface area contributed by atoms with Crippen molar-refractivity contribution >= 4 is 15.9 Å². The summed E-state index contributed by atoms with van der Waals surface area (Å²) in [4.78, 5) is 2.19.